The lowest BCUT2D eigenvalue weighted by Crippen LogP contribution is -2.48. The van der Waals surface area contributed by atoms with Crippen molar-refractivity contribution in [1.29, 1.82) is 0 Å². The average molecular weight is 411 g/mol. The van der Waals surface area contributed by atoms with Gasteiger partial charge in [-0.2, -0.15) is 0 Å². The predicted molar refractivity (Wildman–Crippen MR) is 114 cm³/mol. The molecule has 2 fully saturated rings. The quantitative estimate of drug-likeness (QED) is 0.796. The fourth-order valence-electron chi connectivity index (χ4n) is 4.61. The lowest BCUT2D eigenvalue weighted by molar-refractivity contribution is -0.121. The molecule has 5 nitrogen and oxygen atoms in total. The minimum Gasteiger partial charge on any atom is -0.312 e. The van der Waals surface area contributed by atoms with Crippen molar-refractivity contribution in [2.45, 2.75) is 55.8 Å². The van der Waals surface area contributed by atoms with Gasteiger partial charge in [-0.1, -0.05) is 24.1 Å². The summed E-state index contributed by atoms with van der Waals surface area (Å²) in [6, 6.07) is 12.5. The van der Waals surface area contributed by atoms with Gasteiger partial charge in [-0.15, -0.1) is 0 Å². The number of fused-ring (bicyclic) bond motifs is 2. The number of carbonyl (C=O) groups excluding carboxylic acids is 1. The van der Waals surface area contributed by atoms with E-state index in [0.29, 0.717) is 18.0 Å². The molecule has 0 aromatic heterocycles. The average Bonchev–Trinajstić information content (AvgIpc) is 3.47. The molecule has 1 N–H and O–H groups in total. The van der Waals surface area contributed by atoms with Crippen LogP contribution >= 0.6 is 0 Å². The summed E-state index contributed by atoms with van der Waals surface area (Å²) in [6.45, 7) is 2.72. The zero-order valence-electron chi connectivity index (χ0n) is 16.6. The molecule has 0 saturated heterocycles. The Morgan fingerprint density at radius 1 is 1.10 bits per heavy atom. The Morgan fingerprint density at radius 2 is 1.83 bits per heavy atom. The molecule has 1 heterocycles. The van der Waals surface area contributed by atoms with Gasteiger partial charge in [-0.05, 0) is 74.4 Å². The highest BCUT2D eigenvalue weighted by Crippen LogP contribution is 2.53. The van der Waals surface area contributed by atoms with Crippen LogP contribution in [0.4, 0.5) is 11.4 Å². The summed E-state index contributed by atoms with van der Waals surface area (Å²) in [5.74, 6) is 0.832. The van der Waals surface area contributed by atoms with Crippen LogP contribution < -0.4 is 9.62 Å². The first-order chi connectivity index (χ1) is 13.9. The second kappa shape index (κ2) is 6.59. The molecular formula is C23H26N2O3S. The molecule has 1 amide bonds. The van der Waals surface area contributed by atoms with Gasteiger partial charge in [0.1, 0.15) is 0 Å². The van der Waals surface area contributed by atoms with Crippen molar-refractivity contribution < 1.29 is 13.2 Å². The zero-order chi connectivity index (χ0) is 20.2. The summed E-state index contributed by atoms with van der Waals surface area (Å²) in [5, 5.41) is 0. The van der Waals surface area contributed by atoms with E-state index < -0.39 is 10.0 Å². The SMILES string of the molecule is Cc1ccc(S(=O)(=O)Nc2ccc3c(c2)C2(CCC2)CC(=O)N3CC2CC2)cc1. The third-order valence-electron chi connectivity index (χ3n) is 6.68. The van der Waals surface area contributed by atoms with E-state index in [1.807, 2.05) is 24.0 Å². The molecule has 2 aromatic rings. The maximum absolute atomic E-state index is 12.9. The summed E-state index contributed by atoms with van der Waals surface area (Å²) < 4.78 is 28.4. The van der Waals surface area contributed by atoms with Crippen LogP contribution in [0.25, 0.3) is 0 Å². The number of rotatable bonds is 5. The first-order valence-corrected chi connectivity index (χ1v) is 11.9. The van der Waals surface area contributed by atoms with E-state index in [-0.39, 0.29) is 16.2 Å². The lowest BCUT2D eigenvalue weighted by Gasteiger charge is -2.48. The standard InChI is InChI=1S/C23H26N2O3S/c1-16-3-8-19(9-4-16)29(27,28)24-18-7-10-21-20(13-18)23(11-2-12-23)14-22(26)25(21)15-17-5-6-17/h3-4,7-10,13,17,24H,2,5-6,11-12,14-15H2,1H3. The number of benzene rings is 2. The highest BCUT2D eigenvalue weighted by atomic mass is 32.2. The molecule has 152 valence electrons. The van der Waals surface area contributed by atoms with Crippen LogP contribution in [0.15, 0.2) is 47.4 Å². The molecule has 2 saturated carbocycles. The van der Waals surface area contributed by atoms with Crippen LogP contribution in [0, 0.1) is 12.8 Å². The zero-order valence-corrected chi connectivity index (χ0v) is 17.5. The van der Waals surface area contributed by atoms with Gasteiger partial charge in [-0.25, -0.2) is 8.42 Å². The third kappa shape index (κ3) is 3.33. The maximum atomic E-state index is 12.9. The number of anilines is 2. The van der Waals surface area contributed by atoms with Crippen molar-refractivity contribution in [3.63, 3.8) is 0 Å². The van der Waals surface area contributed by atoms with Gasteiger partial charge >= 0.3 is 0 Å². The highest BCUT2D eigenvalue weighted by Gasteiger charge is 2.47. The number of hydrogen-bond acceptors (Lipinski definition) is 3. The first kappa shape index (κ1) is 18.7. The number of hydrogen-bond donors (Lipinski definition) is 1. The minimum atomic E-state index is -3.65. The molecule has 3 aliphatic rings. The van der Waals surface area contributed by atoms with Crippen LogP contribution in [0.5, 0.6) is 0 Å². The molecule has 0 atom stereocenters. The monoisotopic (exact) mass is 410 g/mol. The molecule has 0 radical (unpaired) electrons. The molecule has 29 heavy (non-hydrogen) atoms. The molecule has 2 aromatic carbocycles. The van der Waals surface area contributed by atoms with Crippen molar-refractivity contribution >= 4 is 27.3 Å². The second-order valence-electron chi connectivity index (χ2n) is 8.91. The molecule has 6 heteroatoms. The molecular weight excluding hydrogens is 384 g/mol. The van der Waals surface area contributed by atoms with E-state index in [1.165, 1.54) is 12.8 Å². The number of amides is 1. The van der Waals surface area contributed by atoms with Crippen molar-refractivity contribution in [3.8, 4) is 0 Å². The number of sulfonamides is 1. The minimum absolute atomic E-state index is 0.113. The van der Waals surface area contributed by atoms with E-state index in [4.69, 9.17) is 0 Å². The number of nitrogens with zero attached hydrogens (tertiary/aromatic N) is 1. The summed E-state index contributed by atoms with van der Waals surface area (Å²) >= 11 is 0. The Morgan fingerprint density at radius 3 is 2.45 bits per heavy atom. The van der Waals surface area contributed by atoms with Gasteiger partial charge < -0.3 is 4.90 Å². The molecule has 1 spiro atoms. The third-order valence-corrected chi connectivity index (χ3v) is 8.08. The van der Waals surface area contributed by atoms with Crippen LogP contribution in [0.3, 0.4) is 0 Å². The van der Waals surface area contributed by atoms with Gasteiger partial charge in [0.25, 0.3) is 10.0 Å². The number of nitrogens with one attached hydrogen (secondary N) is 1. The fraction of sp³-hybridized carbons (Fsp3) is 0.435. The van der Waals surface area contributed by atoms with Gasteiger partial charge in [-0.3, -0.25) is 9.52 Å². The van der Waals surface area contributed by atoms with Crippen molar-refractivity contribution in [3.05, 3.63) is 53.6 Å². The molecule has 5 rings (SSSR count). The van der Waals surface area contributed by atoms with E-state index in [0.717, 1.165) is 42.6 Å². The maximum Gasteiger partial charge on any atom is 0.261 e. The summed E-state index contributed by atoms with van der Waals surface area (Å²) in [5.41, 5.74) is 3.58. The highest BCUT2D eigenvalue weighted by molar-refractivity contribution is 7.92. The van der Waals surface area contributed by atoms with Gasteiger partial charge in [0.15, 0.2) is 0 Å². The van der Waals surface area contributed by atoms with Gasteiger partial charge in [0.2, 0.25) is 5.91 Å². The van der Waals surface area contributed by atoms with Crippen molar-refractivity contribution in [2.24, 2.45) is 5.92 Å². The summed E-state index contributed by atoms with van der Waals surface area (Å²) in [7, 11) is -3.65. The van der Waals surface area contributed by atoms with E-state index in [2.05, 4.69) is 4.72 Å². The molecule has 2 aliphatic carbocycles. The Bertz CT molecular complexity index is 1070. The molecule has 0 bridgehead atoms. The summed E-state index contributed by atoms with van der Waals surface area (Å²) in [4.78, 5) is 15.1. The van der Waals surface area contributed by atoms with E-state index in [9.17, 15) is 13.2 Å². The normalized spacial score (nSPS) is 20.3. The van der Waals surface area contributed by atoms with Crippen molar-refractivity contribution in [2.75, 3.05) is 16.2 Å². The van der Waals surface area contributed by atoms with Crippen LogP contribution in [0.1, 0.15) is 49.7 Å². The van der Waals surface area contributed by atoms with Crippen LogP contribution in [-0.4, -0.2) is 20.9 Å². The Labute approximate surface area is 172 Å². The second-order valence-corrected chi connectivity index (χ2v) is 10.6. The van der Waals surface area contributed by atoms with Gasteiger partial charge in [0.05, 0.1) is 4.90 Å². The van der Waals surface area contributed by atoms with E-state index >= 15 is 0 Å². The largest absolute Gasteiger partial charge is 0.312 e. The van der Waals surface area contributed by atoms with Crippen LogP contribution in [0.2, 0.25) is 0 Å². The van der Waals surface area contributed by atoms with Gasteiger partial charge in [0, 0.05) is 29.8 Å². The summed E-state index contributed by atoms with van der Waals surface area (Å²) in [6.07, 6.45) is 6.04. The Kier molecular flexibility index (Phi) is 4.24. The fourth-order valence-corrected chi connectivity index (χ4v) is 5.66. The Balaban J connectivity index is 1.49. The van der Waals surface area contributed by atoms with Crippen molar-refractivity contribution in [1.82, 2.24) is 0 Å². The topological polar surface area (TPSA) is 66.5 Å². The Hall–Kier alpha value is -2.34. The van der Waals surface area contributed by atoms with E-state index in [1.54, 1.807) is 30.3 Å². The predicted octanol–water partition coefficient (Wildman–Crippen LogP) is 4.36. The smallest absolute Gasteiger partial charge is 0.261 e. The first-order valence-electron chi connectivity index (χ1n) is 10.4. The molecule has 0 unspecified atom stereocenters. The molecule has 1 aliphatic heterocycles. The number of carbonyl (C=O) groups is 1. The lowest BCUT2D eigenvalue weighted by atomic mass is 9.60. The van der Waals surface area contributed by atoms with Crippen LogP contribution in [-0.2, 0) is 20.2 Å². The number of aryl methyl sites for hydroxylation is 1.